The van der Waals surface area contributed by atoms with Gasteiger partial charge in [-0.05, 0) is 156 Å². The van der Waals surface area contributed by atoms with Gasteiger partial charge in [-0.3, -0.25) is 67.2 Å². The molecule has 14 atom stereocenters. The number of aromatic amines is 2. The minimum Gasteiger partial charge on any atom is -0.596 e. The molecule has 0 spiro atoms. The number of ketones is 2. The van der Waals surface area contributed by atoms with Crippen molar-refractivity contribution in [3.8, 4) is 12.1 Å². The summed E-state index contributed by atoms with van der Waals surface area (Å²) in [6, 6.07) is 23.8. The Morgan fingerprint density at radius 2 is 1.06 bits per heavy atom. The molecule has 3 fully saturated rings. The lowest BCUT2D eigenvalue weighted by molar-refractivity contribution is -0.150. The number of carbonyl (C=O) groups is 4. The van der Waals surface area contributed by atoms with Gasteiger partial charge in [0.05, 0.1) is 82.9 Å². The maximum atomic E-state index is 13.2. The number of rotatable bonds is 38. The van der Waals surface area contributed by atoms with E-state index in [1.807, 2.05) is 91.8 Å². The molecule has 5 unspecified atom stereocenters. The molecule has 3 aliphatic rings. The molecular formula is C84H119ClN12O22P2. The number of hydrogen-bond donors (Lipinski definition) is 4. The molecule has 37 heteroatoms. The van der Waals surface area contributed by atoms with E-state index in [1.165, 1.54) is 53.9 Å². The summed E-state index contributed by atoms with van der Waals surface area (Å²) in [5, 5.41) is 38.4. The lowest BCUT2D eigenvalue weighted by atomic mass is 10.1. The van der Waals surface area contributed by atoms with Gasteiger partial charge in [0, 0.05) is 109 Å². The monoisotopic (exact) mass is 1740 g/mol. The normalized spacial score (nSPS) is 20.8. The maximum Gasteiger partial charge on any atom is 0.340 e. The van der Waals surface area contributed by atoms with Crippen LogP contribution in [-0.2, 0) is 69.4 Å². The van der Waals surface area contributed by atoms with Crippen LogP contribution in [0.4, 0.5) is 0 Å². The zero-order valence-electron chi connectivity index (χ0n) is 71.7. The van der Waals surface area contributed by atoms with Crippen LogP contribution in [0.2, 0.25) is 0 Å². The molecule has 0 amide bonds. The van der Waals surface area contributed by atoms with Crippen LogP contribution < -0.4 is 38.6 Å². The molecule has 0 saturated carbocycles. The van der Waals surface area contributed by atoms with Gasteiger partial charge in [-0.2, -0.15) is 15.1 Å². The van der Waals surface area contributed by atoms with Crippen molar-refractivity contribution in [2.24, 2.45) is 10.7 Å². The van der Waals surface area contributed by atoms with Gasteiger partial charge in [0.1, 0.15) is 48.2 Å². The zero-order valence-corrected chi connectivity index (χ0v) is 74.3. The van der Waals surface area contributed by atoms with Crippen LogP contribution in [0.25, 0.3) is 0 Å². The Kier molecular flexibility index (Phi) is 45.4. The number of carbonyl (C=O) groups excluding carboxylic acids is 4. The molecule has 5 aromatic heterocycles. The number of hydrogen-bond acceptors (Lipinski definition) is 28. The molecule has 34 nitrogen and oxygen atoms in total. The highest BCUT2D eigenvalue weighted by molar-refractivity contribution is 7.69. The Hall–Kier alpha value is -8.64. The number of halogens is 1. The first kappa shape index (κ1) is 103. The number of Topliss-reactive ketones (excluding diaryl/α,β-unsaturated/α-hetero) is 2. The van der Waals surface area contributed by atoms with Gasteiger partial charge in [-0.1, -0.05) is 69.7 Å². The van der Waals surface area contributed by atoms with Gasteiger partial charge in [0.15, 0.2) is 29.9 Å². The lowest BCUT2D eigenvalue weighted by Crippen LogP contribution is -2.47. The smallest absolute Gasteiger partial charge is 0.340 e. The summed E-state index contributed by atoms with van der Waals surface area (Å²) in [5.41, 5.74) is -0.958. The van der Waals surface area contributed by atoms with Crippen molar-refractivity contribution in [2.45, 2.75) is 285 Å². The summed E-state index contributed by atoms with van der Waals surface area (Å²) in [6.07, 6.45) is 5.27. The van der Waals surface area contributed by atoms with Crippen LogP contribution in [0.3, 0.4) is 0 Å². The standard InChI is InChI=1S/C31H46N5O7P.C22H29N3O6.C22H26N2O8.C6H11N.C3H7ClNOP/c1-7-26-27(43-44(41-18-11-16-32)36(21(2)3)22(4)5)28(30(42-26)35-20-23(6)29(38)34-31(35)39)40-19-15-25(37)14-10-13-24-12-8-9-17-33-24;1-3-17-18(27)19(21(31-17)25-13-14(2)20(28)24-22(25)29)30-12-10-16(26)9-6-8-15-7-4-5-11-23-15;1-4-15-17(26)18(31-11-10-16(25)30-3)21(32-15)23-12-13(2)19(27)24(22(23)29)20(28)14-8-6-5-7-9-14;1-6(2)4-3-5-7;1-3(2)5-7(4)6/h8-9,12,17,20-22,26-28,30H,7,10-11,13-15,18-19H2,1-6H3,(H,34,38,39);4-5,7,11,13,17-19,21,27H,3,6,8-10,12H2,1-2H3,(H,24,28,29);5-9,12,15,17-18,21,26H,4,10-11H2,1-3H3;6H,3-4H2,1-2H3;3H,1-2H3/t26-,27?,28+,30-,44?;17-,18?,19+,21-;15-,17?,18+,21-;;/m111../s1. The number of aliphatic hydroxyl groups excluding tert-OH is 2. The summed E-state index contributed by atoms with van der Waals surface area (Å²) in [4.78, 5) is 147. The van der Waals surface area contributed by atoms with Crippen LogP contribution in [0.1, 0.15) is 217 Å². The van der Waals surface area contributed by atoms with Crippen molar-refractivity contribution >= 4 is 50.5 Å². The number of methoxy groups -OCH3 is 1. The van der Waals surface area contributed by atoms with E-state index in [0.29, 0.717) is 79.4 Å². The van der Waals surface area contributed by atoms with Gasteiger partial charge in [0.2, 0.25) is 0 Å². The van der Waals surface area contributed by atoms with Crippen molar-refractivity contribution in [2.75, 3.05) is 33.5 Å². The van der Waals surface area contributed by atoms with Crippen molar-refractivity contribution in [3.05, 3.63) is 194 Å². The first-order chi connectivity index (χ1) is 57.7. The van der Waals surface area contributed by atoms with Crippen molar-refractivity contribution in [1.82, 2.24) is 42.9 Å². The van der Waals surface area contributed by atoms with E-state index in [0.717, 1.165) is 28.8 Å². The molecule has 0 radical (unpaired) electrons. The summed E-state index contributed by atoms with van der Waals surface area (Å²) in [7, 11) is -2.19. The number of aryl methyl sites for hydroxylation is 5. The molecule has 9 rings (SSSR count). The van der Waals surface area contributed by atoms with Crippen LogP contribution in [0.15, 0.2) is 131 Å². The van der Waals surface area contributed by atoms with Crippen molar-refractivity contribution in [1.29, 1.82) is 10.5 Å². The third kappa shape index (κ3) is 32.5. The van der Waals surface area contributed by atoms with E-state index in [2.05, 4.69) is 60.1 Å². The quantitative estimate of drug-likeness (QED) is 0.0159. The number of nitriles is 2. The minimum absolute atomic E-state index is 0.0524. The predicted octanol–water partition coefficient (Wildman–Crippen LogP) is 9.91. The Bertz CT molecular complexity index is 4700. The first-order valence-corrected chi connectivity index (χ1v) is 44.0. The van der Waals surface area contributed by atoms with Gasteiger partial charge in [-0.15, -0.1) is 0 Å². The Morgan fingerprint density at radius 3 is 1.47 bits per heavy atom. The highest BCUT2D eigenvalue weighted by Gasteiger charge is 2.51. The average Bonchev–Trinajstić information content (AvgIpc) is 1.70. The van der Waals surface area contributed by atoms with Gasteiger partial charge in [0.25, 0.3) is 38.4 Å². The molecule has 664 valence electrons. The molecule has 3 aliphatic heterocycles. The van der Waals surface area contributed by atoms with Gasteiger partial charge < -0.3 is 57.3 Å². The van der Waals surface area contributed by atoms with Gasteiger partial charge in [-0.25, -0.2) is 19.1 Å². The number of H-pyrrole nitrogens is 2. The van der Waals surface area contributed by atoms with Crippen molar-refractivity contribution in [3.63, 3.8) is 0 Å². The number of aliphatic hydroxyl groups is 2. The van der Waals surface area contributed by atoms with Crippen LogP contribution in [-0.4, -0.2) is 183 Å². The second kappa shape index (κ2) is 53.4. The fraction of sp³-hybridized carbons (Fsp3) is 0.595. The molecule has 0 bridgehead atoms. The van der Waals surface area contributed by atoms with E-state index in [1.54, 1.807) is 51.4 Å². The molecule has 0 aliphatic carbocycles. The van der Waals surface area contributed by atoms with E-state index in [-0.39, 0.29) is 92.9 Å². The summed E-state index contributed by atoms with van der Waals surface area (Å²) >= 11 is 5.02. The molecule has 121 heavy (non-hydrogen) atoms. The predicted molar refractivity (Wildman–Crippen MR) is 452 cm³/mol. The second-order valence-corrected chi connectivity index (χ2v) is 33.0. The highest BCUT2D eigenvalue weighted by atomic mass is 35.7. The number of benzene rings is 1. The highest BCUT2D eigenvalue weighted by Crippen LogP contribution is 2.51. The molecule has 6 aromatic rings. The second-order valence-electron chi connectivity index (χ2n) is 30.1. The fourth-order valence-corrected chi connectivity index (χ4v) is 15.7. The Balaban J connectivity index is 0.000000302. The molecule has 8 heterocycles. The molecule has 3 saturated heterocycles. The van der Waals surface area contributed by atoms with Crippen LogP contribution in [0.5, 0.6) is 0 Å². The van der Waals surface area contributed by atoms with Gasteiger partial charge >= 0.3 is 23.0 Å². The topological polar surface area (TPSA) is 458 Å². The van der Waals surface area contributed by atoms with E-state index in [9.17, 15) is 63.1 Å². The number of ether oxygens (including phenoxy) is 7. The van der Waals surface area contributed by atoms with E-state index >= 15 is 0 Å². The number of nitrogens with one attached hydrogen (secondary N) is 2. The summed E-state index contributed by atoms with van der Waals surface area (Å²) in [6.45, 7) is 26.7. The largest absolute Gasteiger partial charge is 0.596 e. The van der Waals surface area contributed by atoms with Crippen LogP contribution >= 0.6 is 27.1 Å². The summed E-state index contributed by atoms with van der Waals surface area (Å²) in [5.74, 6) is -0.459. The fourth-order valence-electron chi connectivity index (χ4n) is 13.0. The third-order valence-electron chi connectivity index (χ3n) is 19.2. The molecule has 4 N–H and O–H groups in total. The van der Waals surface area contributed by atoms with E-state index < -0.39 is 135 Å². The molecular weight excluding hydrogens is 1630 g/mol. The zero-order chi connectivity index (χ0) is 89.6. The number of aromatic nitrogens is 8. The van der Waals surface area contributed by atoms with Crippen LogP contribution in [0, 0.1) is 49.4 Å². The SMILES string of the molecule is CC(C)CCC#N.CC(C)N=[P+]([O-])Cl.CC[C@H]1O[C@@H](n2cc(C)c(=O)[nH]c2=O)[C@@H](OCCC(=O)CCCc2ccccn2)C1O.CC[C@H]1O[C@@H](n2cc(C)c(=O)[nH]c2=O)[C@@H](OCCC(=O)CCCc2ccccn2)C1OP(OCCC#N)N(C(C)C)C(C)C.CC[C@H]1O[C@@H](n2cc(C)c(=O)n(C(=O)c3ccccc3)c2=O)[C@@H](OCCC(=O)OC)C1O. The number of esters is 1. The molecule has 1 aromatic carbocycles. The third-order valence-corrected chi connectivity index (χ3v) is 22.3. The number of pyridine rings is 2. The minimum atomic E-state index is -1.79. The van der Waals surface area contributed by atoms with E-state index in [4.69, 9.17) is 59.2 Å². The Labute approximate surface area is 712 Å². The average molecular weight is 1750 g/mol. The lowest BCUT2D eigenvalue weighted by Gasteiger charge is -2.38. The first-order valence-electron chi connectivity index (χ1n) is 40.8. The maximum absolute atomic E-state index is 13.2. The van der Waals surface area contributed by atoms with Crippen molar-refractivity contribution < 1.29 is 76.5 Å². The summed E-state index contributed by atoms with van der Waals surface area (Å²) < 4.78 is 63.2. The Morgan fingerprint density at radius 1 is 0.612 bits per heavy atom. The number of nitrogens with zero attached hydrogens (tertiary/aromatic N) is 10.